The van der Waals surface area contributed by atoms with Crippen LogP contribution in [-0.2, 0) is 12.7 Å². The summed E-state index contributed by atoms with van der Waals surface area (Å²) in [4.78, 5) is 12.4. The Labute approximate surface area is 208 Å². The Balaban J connectivity index is 1.62. The van der Waals surface area contributed by atoms with E-state index in [1.165, 1.54) is 63.5 Å². The molecule has 0 aliphatic carbocycles. The summed E-state index contributed by atoms with van der Waals surface area (Å²) in [6.07, 6.45) is 8.34. The van der Waals surface area contributed by atoms with Crippen LogP contribution >= 0.6 is 0 Å². The van der Waals surface area contributed by atoms with Crippen LogP contribution in [0, 0.1) is 0 Å². The third-order valence-corrected chi connectivity index (χ3v) is 6.30. The lowest BCUT2D eigenvalue weighted by molar-refractivity contribution is -0.137. The zero-order chi connectivity index (χ0) is 25.5. The van der Waals surface area contributed by atoms with E-state index in [0.29, 0.717) is 18.7 Å². The largest absolute Gasteiger partial charge is 0.416 e. The van der Waals surface area contributed by atoms with E-state index >= 15 is 0 Å². The first-order valence-electron chi connectivity index (χ1n) is 13.0. The van der Waals surface area contributed by atoms with Gasteiger partial charge < -0.3 is 5.32 Å². The van der Waals surface area contributed by atoms with Gasteiger partial charge in [-0.25, -0.2) is 5.32 Å². The molecule has 1 amide bonds. The Hall–Kier alpha value is -2.34. The first kappa shape index (κ1) is 28.9. The molecule has 6 heteroatoms. The highest BCUT2D eigenvalue weighted by Crippen LogP contribution is 2.30. The Morgan fingerprint density at radius 1 is 0.829 bits per heavy atom. The summed E-state index contributed by atoms with van der Waals surface area (Å²) < 4.78 is 38.1. The van der Waals surface area contributed by atoms with Gasteiger partial charge in [0.05, 0.1) is 5.56 Å². The van der Waals surface area contributed by atoms with Crippen LogP contribution in [0.1, 0.15) is 111 Å². The number of nitrogens with one attached hydrogen (secondary N) is 1. The Bertz CT molecular complexity index is 848. The van der Waals surface area contributed by atoms with Crippen molar-refractivity contribution < 1.29 is 18.0 Å². The van der Waals surface area contributed by atoms with Gasteiger partial charge in [0.2, 0.25) is 0 Å². The smallest absolute Gasteiger partial charge is 0.352 e. The number of hydrogen-bond donors (Lipinski definition) is 1. The molecule has 0 aliphatic rings. The average Bonchev–Trinajstić information content (AvgIpc) is 2.85. The van der Waals surface area contributed by atoms with Crippen molar-refractivity contribution in [1.29, 1.82) is 0 Å². The number of nitrogens with zero attached hydrogens (tertiary/aromatic N) is 1. The molecule has 35 heavy (non-hydrogen) atoms. The predicted octanol–water partition coefficient (Wildman–Crippen LogP) is 8.22. The quantitative estimate of drug-likeness (QED) is 0.237. The monoisotopic (exact) mass is 489 g/mol. The fourth-order valence-corrected chi connectivity index (χ4v) is 3.98. The molecule has 3 nitrogen and oxygen atoms in total. The van der Waals surface area contributed by atoms with Crippen molar-refractivity contribution in [2.75, 3.05) is 6.54 Å². The molecule has 0 saturated carbocycles. The highest BCUT2D eigenvalue weighted by atomic mass is 19.4. The summed E-state index contributed by atoms with van der Waals surface area (Å²) in [5.74, 6) is -0.0671. The Morgan fingerprint density at radius 2 is 1.37 bits per heavy atom. The van der Waals surface area contributed by atoms with Crippen molar-refractivity contribution in [3.8, 4) is 0 Å². The molecule has 0 fully saturated rings. The second kappa shape index (κ2) is 15.6. The number of carbonyl (C=O) groups is 1. The third kappa shape index (κ3) is 11.3. The zero-order valence-corrected chi connectivity index (χ0v) is 21.2. The molecule has 1 unspecified atom stereocenters. The van der Waals surface area contributed by atoms with Crippen LogP contribution in [0.25, 0.3) is 0 Å². The maximum atomic E-state index is 12.7. The number of unbranched alkanes of at least 4 members (excludes halogenated alkanes) is 9. The predicted molar refractivity (Wildman–Crippen MR) is 136 cm³/mol. The molecular formula is C29H40F3N2O. The van der Waals surface area contributed by atoms with Gasteiger partial charge in [0.15, 0.2) is 0 Å². The minimum atomic E-state index is -4.33. The number of alkyl halides is 3. The fourth-order valence-electron chi connectivity index (χ4n) is 3.98. The van der Waals surface area contributed by atoms with Crippen molar-refractivity contribution in [1.82, 2.24) is 10.6 Å². The molecule has 1 N–H and O–H groups in total. The molecule has 0 bridgehead atoms. The minimum absolute atomic E-state index is 0.0671. The maximum Gasteiger partial charge on any atom is 0.416 e. The van der Waals surface area contributed by atoms with Crippen LogP contribution in [0.4, 0.5) is 13.2 Å². The molecule has 0 spiro atoms. The molecule has 1 atom stereocenters. The molecule has 0 saturated heterocycles. The van der Waals surface area contributed by atoms with Gasteiger partial charge in [-0.2, -0.15) is 13.2 Å². The van der Waals surface area contributed by atoms with Gasteiger partial charge in [-0.05, 0) is 48.7 Å². The van der Waals surface area contributed by atoms with E-state index < -0.39 is 11.7 Å². The first-order chi connectivity index (χ1) is 16.8. The SMILES string of the molecule is CCCCCCCCCCCCNC(=O)c1ccc(C[N]C(C)c2ccc(C(F)(F)F)cc2)cc1. The molecule has 0 heterocycles. The lowest BCUT2D eigenvalue weighted by Gasteiger charge is -2.14. The summed E-state index contributed by atoms with van der Waals surface area (Å²) in [7, 11) is 0. The second-order valence-electron chi connectivity index (χ2n) is 9.27. The van der Waals surface area contributed by atoms with Gasteiger partial charge in [-0.1, -0.05) is 89.0 Å². The van der Waals surface area contributed by atoms with Crippen molar-refractivity contribution in [2.45, 2.75) is 96.8 Å². The maximum absolute atomic E-state index is 12.7. The summed E-state index contributed by atoms with van der Waals surface area (Å²) in [5, 5.41) is 7.55. The summed E-state index contributed by atoms with van der Waals surface area (Å²) >= 11 is 0. The number of benzene rings is 2. The standard InChI is InChI=1S/C29H40F3N2O/c1-3-4-5-6-7-8-9-10-11-12-21-33-28(35)26-15-13-24(14-16-26)22-34-23(2)25-17-19-27(20-18-25)29(30,31)32/h13-20,23H,3-12,21-22H2,1-2H3,(H,33,35). The summed E-state index contributed by atoms with van der Waals surface area (Å²) in [6.45, 7) is 5.22. The molecular weight excluding hydrogens is 449 g/mol. The lowest BCUT2D eigenvalue weighted by Crippen LogP contribution is -2.24. The first-order valence-corrected chi connectivity index (χ1v) is 13.0. The van der Waals surface area contributed by atoms with Gasteiger partial charge in [-0.3, -0.25) is 4.79 Å². The Kier molecular flexibility index (Phi) is 12.9. The highest BCUT2D eigenvalue weighted by Gasteiger charge is 2.30. The summed E-state index contributed by atoms with van der Waals surface area (Å²) in [6, 6.07) is 12.2. The van der Waals surface area contributed by atoms with Gasteiger partial charge in [0.25, 0.3) is 5.91 Å². The van der Waals surface area contributed by atoms with Gasteiger partial charge in [-0.15, -0.1) is 0 Å². The summed E-state index contributed by atoms with van der Waals surface area (Å²) in [5.41, 5.74) is 1.66. The lowest BCUT2D eigenvalue weighted by atomic mass is 10.1. The van der Waals surface area contributed by atoms with Gasteiger partial charge in [0.1, 0.15) is 0 Å². The highest BCUT2D eigenvalue weighted by molar-refractivity contribution is 5.94. The van der Waals surface area contributed by atoms with Gasteiger partial charge in [0, 0.05) is 24.7 Å². The van der Waals surface area contributed by atoms with E-state index in [1.54, 1.807) is 12.1 Å². The number of rotatable bonds is 16. The van der Waals surface area contributed by atoms with E-state index in [9.17, 15) is 18.0 Å². The van der Waals surface area contributed by atoms with Crippen molar-refractivity contribution in [3.05, 3.63) is 70.8 Å². The van der Waals surface area contributed by atoms with Crippen LogP contribution in [0.15, 0.2) is 48.5 Å². The Morgan fingerprint density at radius 3 is 1.91 bits per heavy atom. The van der Waals surface area contributed by atoms with Crippen molar-refractivity contribution >= 4 is 5.91 Å². The molecule has 2 aromatic rings. The molecule has 2 rings (SSSR count). The second-order valence-corrected chi connectivity index (χ2v) is 9.27. The van der Waals surface area contributed by atoms with Crippen molar-refractivity contribution in [3.63, 3.8) is 0 Å². The minimum Gasteiger partial charge on any atom is -0.352 e. The zero-order valence-electron chi connectivity index (χ0n) is 21.2. The third-order valence-electron chi connectivity index (χ3n) is 6.30. The molecule has 2 aromatic carbocycles. The number of amides is 1. The average molecular weight is 490 g/mol. The van der Waals surface area contributed by atoms with Crippen molar-refractivity contribution in [2.24, 2.45) is 0 Å². The topological polar surface area (TPSA) is 43.2 Å². The number of carbonyl (C=O) groups excluding carboxylic acids is 1. The normalized spacial score (nSPS) is 12.5. The fraction of sp³-hybridized carbons (Fsp3) is 0.552. The number of hydrogen-bond acceptors (Lipinski definition) is 1. The molecule has 193 valence electrons. The van der Waals surface area contributed by atoms with E-state index in [4.69, 9.17) is 0 Å². The van der Waals surface area contributed by atoms with Crippen LogP contribution in [-0.4, -0.2) is 12.5 Å². The van der Waals surface area contributed by atoms with Crippen LogP contribution in [0.5, 0.6) is 0 Å². The van der Waals surface area contributed by atoms with E-state index in [2.05, 4.69) is 17.6 Å². The van der Waals surface area contributed by atoms with E-state index in [0.717, 1.165) is 36.1 Å². The van der Waals surface area contributed by atoms with E-state index in [-0.39, 0.29) is 11.9 Å². The molecule has 1 radical (unpaired) electrons. The van der Waals surface area contributed by atoms with Crippen LogP contribution < -0.4 is 10.6 Å². The van der Waals surface area contributed by atoms with E-state index in [1.807, 2.05) is 19.1 Å². The number of halogens is 3. The van der Waals surface area contributed by atoms with Gasteiger partial charge >= 0.3 is 6.18 Å². The van der Waals surface area contributed by atoms with Crippen LogP contribution in [0.3, 0.4) is 0 Å². The molecule has 0 aromatic heterocycles. The van der Waals surface area contributed by atoms with Crippen LogP contribution in [0.2, 0.25) is 0 Å². The molecule has 0 aliphatic heterocycles.